The van der Waals surface area contributed by atoms with Gasteiger partial charge in [0.25, 0.3) is 0 Å². The Balaban J connectivity index is 3.18. The number of hydrogen-bond acceptors (Lipinski definition) is 1. The average molecular weight is 237 g/mol. The van der Waals surface area contributed by atoms with E-state index in [1.54, 1.807) is 0 Å². The SMILES string of the molecule is C[C@@H](CCO)CCC[C@H](C)CBr. The highest BCUT2D eigenvalue weighted by Crippen LogP contribution is 2.15. The molecule has 0 aliphatic heterocycles. The van der Waals surface area contributed by atoms with Gasteiger partial charge in [-0.15, -0.1) is 0 Å². The van der Waals surface area contributed by atoms with E-state index in [1.807, 2.05) is 0 Å². The lowest BCUT2D eigenvalue weighted by Gasteiger charge is -2.11. The van der Waals surface area contributed by atoms with Crippen LogP contribution in [0.5, 0.6) is 0 Å². The highest BCUT2D eigenvalue weighted by molar-refractivity contribution is 9.09. The zero-order chi connectivity index (χ0) is 9.40. The molecule has 0 aromatic rings. The summed E-state index contributed by atoms with van der Waals surface area (Å²) in [5.41, 5.74) is 0. The summed E-state index contributed by atoms with van der Waals surface area (Å²) in [6, 6.07) is 0. The zero-order valence-corrected chi connectivity index (χ0v) is 9.81. The van der Waals surface area contributed by atoms with Gasteiger partial charge in [-0.2, -0.15) is 0 Å². The van der Waals surface area contributed by atoms with E-state index in [-0.39, 0.29) is 0 Å². The monoisotopic (exact) mass is 236 g/mol. The molecule has 0 aromatic carbocycles. The van der Waals surface area contributed by atoms with Gasteiger partial charge in [-0.3, -0.25) is 0 Å². The fraction of sp³-hybridized carbons (Fsp3) is 1.00. The quantitative estimate of drug-likeness (QED) is 0.674. The Hall–Kier alpha value is 0.440. The summed E-state index contributed by atoms with van der Waals surface area (Å²) in [5, 5.41) is 9.80. The molecule has 0 rings (SSSR count). The molecular formula is C10H21BrO. The summed E-state index contributed by atoms with van der Waals surface area (Å²) < 4.78 is 0. The molecule has 12 heavy (non-hydrogen) atoms. The summed E-state index contributed by atoms with van der Waals surface area (Å²) in [4.78, 5) is 0. The lowest BCUT2D eigenvalue weighted by molar-refractivity contribution is 0.256. The van der Waals surface area contributed by atoms with Crippen LogP contribution in [0.15, 0.2) is 0 Å². The molecule has 2 atom stereocenters. The standard InChI is InChI=1S/C10H21BrO/c1-9(6-7-12)4-3-5-10(2)8-11/h9-10,12H,3-8H2,1-2H3/t9-,10+/m1/s1. The average Bonchev–Trinajstić information content (AvgIpc) is 2.04. The van der Waals surface area contributed by atoms with Crippen LogP contribution in [-0.4, -0.2) is 17.0 Å². The van der Waals surface area contributed by atoms with Gasteiger partial charge in [-0.05, 0) is 24.7 Å². The van der Waals surface area contributed by atoms with Crippen LogP contribution in [0.3, 0.4) is 0 Å². The Morgan fingerprint density at radius 3 is 2.17 bits per heavy atom. The van der Waals surface area contributed by atoms with Gasteiger partial charge in [0.15, 0.2) is 0 Å². The van der Waals surface area contributed by atoms with Gasteiger partial charge in [-0.25, -0.2) is 0 Å². The lowest BCUT2D eigenvalue weighted by Crippen LogP contribution is -2.01. The van der Waals surface area contributed by atoms with Gasteiger partial charge in [0.1, 0.15) is 0 Å². The molecular weight excluding hydrogens is 216 g/mol. The van der Waals surface area contributed by atoms with Crippen LogP contribution in [0.25, 0.3) is 0 Å². The van der Waals surface area contributed by atoms with Crippen molar-refractivity contribution in [2.45, 2.75) is 39.5 Å². The third-order valence-electron chi connectivity index (χ3n) is 2.28. The van der Waals surface area contributed by atoms with Crippen LogP contribution in [0.4, 0.5) is 0 Å². The molecule has 74 valence electrons. The molecule has 0 aliphatic rings. The molecule has 0 aromatic heterocycles. The molecule has 0 spiro atoms. The van der Waals surface area contributed by atoms with E-state index in [0.717, 1.165) is 17.7 Å². The summed E-state index contributed by atoms with van der Waals surface area (Å²) in [6.45, 7) is 4.83. The Morgan fingerprint density at radius 1 is 1.08 bits per heavy atom. The van der Waals surface area contributed by atoms with Crippen LogP contribution >= 0.6 is 15.9 Å². The molecule has 0 unspecified atom stereocenters. The predicted octanol–water partition coefficient (Wildman–Crippen LogP) is 3.21. The topological polar surface area (TPSA) is 20.2 Å². The highest BCUT2D eigenvalue weighted by atomic mass is 79.9. The number of halogens is 1. The van der Waals surface area contributed by atoms with Gasteiger partial charge in [0.05, 0.1) is 0 Å². The number of aliphatic hydroxyl groups is 1. The second kappa shape index (κ2) is 8.06. The summed E-state index contributed by atoms with van der Waals surface area (Å²) >= 11 is 3.47. The largest absolute Gasteiger partial charge is 0.396 e. The number of hydrogen-bond donors (Lipinski definition) is 1. The van der Waals surface area contributed by atoms with Crippen LogP contribution in [0.1, 0.15) is 39.5 Å². The van der Waals surface area contributed by atoms with Crippen molar-refractivity contribution in [2.24, 2.45) is 11.8 Å². The third kappa shape index (κ3) is 7.11. The second-order valence-corrected chi connectivity index (χ2v) is 4.46. The second-order valence-electron chi connectivity index (χ2n) is 3.81. The minimum atomic E-state index is 0.342. The van der Waals surface area contributed by atoms with E-state index in [1.165, 1.54) is 19.3 Å². The molecule has 0 amide bonds. The Labute approximate surface area is 84.7 Å². The Morgan fingerprint density at radius 2 is 1.67 bits per heavy atom. The first-order valence-corrected chi connectivity index (χ1v) is 5.99. The van der Waals surface area contributed by atoms with E-state index < -0.39 is 0 Å². The minimum Gasteiger partial charge on any atom is -0.396 e. The molecule has 0 fully saturated rings. The van der Waals surface area contributed by atoms with Gasteiger partial charge in [-0.1, -0.05) is 42.6 Å². The Kier molecular flexibility index (Phi) is 8.35. The number of aliphatic hydroxyl groups excluding tert-OH is 1. The zero-order valence-electron chi connectivity index (χ0n) is 8.22. The highest BCUT2D eigenvalue weighted by Gasteiger charge is 2.03. The van der Waals surface area contributed by atoms with Crippen LogP contribution in [0.2, 0.25) is 0 Å². The van der Waals surface area contributed by atoms with Crippen molar-refractivity contribution in [3.05, 3.63) is 0 Å². The van der Waals surface area contributed by atoms with E-state index >= 15 is 0 Å². The van der Waals surface area contributed by atoms with E-state index in [2.05, 4.69) is 29.8 Å². The van der Waals surface area contributed by atoms with E-state index in [9.17, 15) is 0 Å². The van der Waals surface area contributed by atoms with Crippen molar-refractivity contribution in [3.63, 3.8) is 0 Å². The van der Waals surface area contributed by atoms with Gasteiger partial charge in [0.2, 0.25) is 0 Å². The smallest absolute Gasteiger partial charge is 0.0433 e. The fourth-order valence-corrected chi connectivity index (χ4v) is 1.58. The van der Waals surface area contributed by atoms with Crippen LogP contribution < -0.4 is 0 Å². The van der Waals surface area contributed by atoms with Crippen LogP contribution in [0, 0.1) is 11.8 Å². The molecule has 0 bridgehead atoms. The molecule has 1 N–H and O–H groups in total. The first kappa shape index (κ1) is 12.4. The number of alkyl halides is 1. The molecule has 2 heteroatoms. The maximum Gasteiger partial charge on any atom is 0.0433 e. The molecule has 1 nitrogen and oxygen atoms in total. The van der Waals surface area contributed by atoms with Crippen molar-refractivity contribution in [2.75, 3.05) is 11.9 Å². The molecule has 0 heterocycles. The van der Waals surface area contributed by atoms with Crippen molar-refractivity contribution < 1.29 is 5.11 Å². The van der Waals surface area contributed by atoms with Crippen molar-refractivity contribution in [1.29, 1.82) is 0 Å². The van der Waals surface area contributed by atoms with Crippen molar-refractivity contribution in [3.8, 4) is 0 Å². The Bertz CT molecular complexity index is 95.8. The maximum absolute atomic E-state index is 8.68. The molecule has 0 saturated heterocycles. The first-order valence-electron chi connectivity index (χ1n) is 4.87. The summed E-state index contributed by atoms with van der Waals surface area (Å²) in [5.74, 6) is 1.49. The van der Waals surface area contributed by atoms with Crippen molar-refractivity contribution in [1.82, 2.24) is 0 Å². The van der Waals surface area contributed by atoms with Gasteiger partial charge in [0, 0.05) is 11.9 Å². The number of rotatable bonds is 7. The predicted molar refractivity (Wildman–Crippen MR) is 57.7 cm³/mol. The molecule has 0 saturated carbocycles. The maximum atomic E-state index is 8.68. The molecule has 0 aliphatic carbocycles. The van der Waals surface area contributed by atoms with Crippen molar-refractivity contribution >= 4 is 15.9 Å². The first-order chi connectivity index (χ1) is 5.70. The lowest BCUT2D eigenvalue weighted by atomic mass is 9.98. The summed E-state index contributed by atoms with van der Waals surface area (Å²) in [7, 11) is 0. The molecule has 0 radical (unpaired) electrons. The third-order valence-corrected chi connectivity index (χ3v) is 3.38. The normalized spacial score (nSPS) is 16.0. The fourth-order valence-electron chi connectivity index (χ4n) is 1.26. The van der Waals surface area contributed by atoms with Gasteiger partial charge >= 0.3 is 0 Å². The minimum absolute atomic E-state index is 0.342. The van der Waals surface area contributed by atoms with Gasteiger partial charge < -0.3 is 5.11 Å². The van der Waals surface area contributed by atoms with E-state index in [4.69, 9.17) is 5.11 Å². The van der Waals surface area contributed by atoms with E-state index in [0.29, 0.717) is 12.5 Å². The van der Waals surface area contributed by atoms with Crippen LogP contribution in [-0.2, 0) is 0 Å². The summed E-state index contributed by atoms with van der Waals surface area (Å²) in [6.07, 6.45) is 4.83.